The maximum absolute atomic E-state index is 14.8. The number of aromatic nitrogens is 2. The Kier molecular flexibility index (Phi) is 6.26. The average Bonchev–Trinajstić information content (AvgIpc) is 3.36. The van der Waals surface area contributed by atoms with Crippen molar-refractivity contribution in [2.75, 3.05) is 11.5 Å². The number of nitrogens with zero attached hydrogens (tertiary/aromatic N) is 3. The molecular formula is C28H27FN4OS. The van der Waals surface area contributed by atoms with Crippen molar-refractivity contribution >= 4 is 23.0 Å². The number of rotatable bonds is 6. The summed E-state index contributed by atoms with van der Waals surface area (Å²) in [6.07, 6.45) is 1.79. The number of benzene rings is 2. The molecule has 0 radical (unpaired) electrons. The van der Waals surface area contributed by atoms with E-state index in [1.165, 1.54) is 6.07 Å². The summed E-state index contributed by atoms with van der Waals surface area (Å²) in [5.74, 6) is 0.551. The van der Waals surface area contributed by atoms with Gasteiger partial charge in [-0.25, -0.2) is 4.39 Å². The second kappa shape index (κ2) is 9.50. The Balaban J connectivity index is 1.65. The maximum atomic E-state index is 14.8. The zero-order valence-electron chi connectivity index (χ0n) is 19.9. The van der Waals surface area contributed by atoms with E-state index in [1.807, 2.05) is 73.9 Å². The summed E-state index contributed by atoms with van der Waals surface area (Å²) in [6, 6.07) is 22.4. The summed E-state index contributed by atoms with van der Waals surface area (Å²) >= 11 is 5.85. The van der Waals surface area contributed by atoms with Crippen molar-refractivity contribution in [1.29, 1.82) is 0 Å². The van der Waals surface area contributed by atoms with Crippen LogP contribution in [0.15, 0.2) is 79.0 Å². The van der Waals surface area contributed by atoms with Crippen molar-refractivity contribution in [2.24, 2.45) is 0 Å². The van der Waals surface area contributed by atoms with E-state index in [4.69, 9.17) is 17.0 Å². The van der Waals surface area contributed by atoms with E-state index in [1.54, 1.807) is 18.3 Å². The van der Waals surface area contributed by atoms with Gasteiger partial charge in [0.1, 0.15) is 11.6 Å². The van der Waals surface area contributed by atoms with E-state index in [0.717, 1.165) is 34.1 Å². The number of halogens is 1. The molecule has 7 heteroatoms. The molecule has 2 atom stereocenters. The van der Waals surface area contributed by atoms with Crippen molar-refractivity contribution in [3.05, 3.63) is 107 Å². The molecule has 3 heterocycles. The number of hydrogen-bond donors (Lipinski definition) is 1. The van der Waals surface area contributed by atoms with Gasteiger partial charge in [0.15, 0.2) is 5.11 Å². The molecule has 1 saturated heterocycles. The van der Waals surface area contributed by atoms with Gasteiger partial charge in [-0.05, 0) is 93.1 Å². The third kappa shape index (κ3) is 4.17. The number of pyridine rings is 1. The Labute approximate surface area is 210 Å². The first-order valence-electron chi connectivity index (χ1n) is 11.7. The fraction of sp³-hybridized carbons (Fsp3) is 0.214. The topological polar surface area (TPSA) is 42.3 Å². The van der Waals surface area contributed by atoms with Gasteiger partial charge in [0, 0.05) is 23.3 Å². The van der Waals surface area contributed by atoms with Gasteiger partial charge >= 0.3 is 0 Å². The third-order valence-electron chi connectivity index (χ3n) is 6.41. The molecule has 1 aliphatic heterocycles. The van der Waals surface area contributed by atoms with Crippen molar-refractivity contribution in [3.8, 4) is 11.4 Å². The molecule has 35 heavy (non-hydrogen) atoms. The highest BCUT2D eigenvalue weighted by Crippen LogP contribution is 2.44. The Bertz CT molecular complexity index is 1350. The van der Waals surface area contributed by atoms with Crippen LogP contribution >= 0.6 is 12.2 Å². The smallest absolute Gasteiger partial charge is 0.174 e. The number of thiocarbonyl (C=S) groups is 1. The number of ether oxygens (including phenoxy) is 1. The van der Waals surface area contributed by atoms with E-state index in [0.29, 0.717) is 17.4 Å². The highest BCUT2D eigenvalue weighted by atomic mass is 32.1. The van der Waals surface area contributed by atoms with Gasteiger partial charge in [-0.2, -0.15) is 0 Å². The minimum absolute atomic E-state index is 0.176. The zero-order chi connectivity index (χ0) is 24.5. The van der Waals surface area contributed by atoms with Crippen LogP contribution in [0.5, 0.6) is 5.75 Å². The van der Waals surface area contributed by atoms with Crippen LogP contribution in [-0.4, -0.2) is 21.3 Å². The molecule has 178 valence electrons. The van der Waals surface area contributed by atoms with Gasteiger partial charge in [0.2, 0.25) is 0 Å². The zero-order valence-corrected chi connectivity index (χ0v) is 20.7. The van der Waals surface area contributed by atoms with Gasteiger partial charge in [-0.15, -0.1) is 0 Å². The van der Waals surface area contributed by atoms with Crippen molar-refractivity contribution in [2.45, 2.75) is 32.9 Å². The molecule has 1 fully saturated rings. The normalized spacial score (nSPS) is 17.5. The lowest BCUT2D eigenvalue weighted by atomic mass is 9.96. The largest absolute Gasteiger partial charge is 0.494 e. The number of aryl methyl sites for hydroxylation is 1. The molecule has 5 rings (SSSR count). The molecule has 0 amide bonds. The second-order valence-corrected chi connectivity index (χ2v) is 8.92. The monoisotopic (exact) mass is 486 g/mol. The van der Waals surface area contributed by atoms with Crippen LogP contribution in [0.2, 0.25) is 0 Å². The molecule has 1 N–H and O–H groups in total. The van der Waals surface area contributed by atoms with Crippen LogP contribution in [0.4, 0.5) is 10.1 Å². The van der Waals surface area contributed by atoms with Crippen LogP contribution in [-0.2, 0) is 0 Å². The first kappa shape index (κ1) is 23.1. The predicted octanol–water partition coefficient (Wildman–Crippen LogP) is 6.20. The fourth-order valence-corrected chi connectivity index (χ4v) is 5.26. The standard InChI is InChI=1S/C28H27FN4OS/c1-4-34-21-14-12-20(13-15-21)33-27(26(31-28(33)35)24-10-7-8-16-30-24)22-17-18(2)32(19(22)3)25-11-6-5-9-23(25)29/h5-17,26-27H,4H2,1-3H3,(H,31,35)/t26-,27+/m1/s1. The van der Waals surface area contributed by atoms with Crippen LogP contribution in [0.25, 0.3) is 5.69 Å². The lowest BCUT2D eigenvalue weighted by molar-refractivity contribution is 0.340. The second-order valence-electron chi connectivity index (χ2n) is 8.54. The lowest BCUT2D eigenvalue weighted by Gasteiger charge is -2.28. The van der Waals surface area contributed by atoms with E-state index in [9.17, 15) is 4.39 Å². The first-order valence-corrected chi connectivity index (χ1v) is 12.1. The van der Waals surface area contributed by atoms with Gasteiger partial charge in [0.25, 0.3) is 0 Å². The molecule has 2 aromatic carbocycles. The third-order valence-corrected chi connectivity index (χ3v) is 6.72. The molecule has 0 unspecified atom stereocenters. The highest BCUT2D eigenvalue weighted by Gasteiger charge is 2.42. The molecule has 0 saturated carbocycles. The Morgan fingerprint density at radius 1 is 1.03 bits per heavy atom. The average molecular weight is 487 g/mol. The summed E-state index contributed by atoms with van der Waals surface area (Å²) in [5.41, 5.74) is 5.34. The summed E-state index contributed by atoms with van der Waals surface area (Å²) in [4.78, 5) is 6.76. The van der Waals surface area contributed by atoms with Gasteiger partial charge in [-0.1, -0.05) is 18.2 Å². The Morgan fingerprint density at radius 3 is 2.46 bits per heavy atom. The summed E-state index contributed by atoms with van der Waals surface area (Å²) in [6.45, 7) is 6.60. The number of hydrogen-bond acceptors (Lipinski definition) is 3. The van der Waals surface area contributed by atoms with Crippen LogP contribution in [0.3, 0.4) is 0 Å². The molecule has 4 aromatic rings. The van der Waals surface area contributed by atoms with Crippen LogP contribution in [0, 0.1) is 19.7 Å². The van der Waals surface area contributed by atoms with E-state index in [2.05, 4.69) is 21.3 Å². The summed E-state index contributed by atoms with van der Waals surface area (Å²) in [5, 5.41) is 4.11. The van der Waals surface area contributed by atoms with Crippen molar-refractivity contribution < 1.29 is 9.13 Å². The molecule has 0 aliphatic carbocycles. The molecule has 0 spiro atoms. The van der Waals surface area contributed by atoms with E-state index >= 15 is 0 Å². The minimum atomic E-state index is -0.259. The van der Waals surface area contributed by atoms with Gasteiger partial charge in [-0.3, -0.25) is 4.98 Å². The van der Waals surface area contributed by atoms with E-state index in [-0.39, 0.29) is 17.9 Å². The maximum Gasteiger partial charge on any atom is 0.174 e. The SMILES string of the molecule is CCOc1ccc(N2C(=S)N[C@H](c3ccccn3)[C@@H]2c2cc(C)n(-c3ccccc3F)c2C)cc1. The summed E-state index contributed by atoms with van der Waals surface area (Å²) < 4.78 is 22.4. The van der Waals surface area contributed by atoms with Crippen molar-refractivity contribution in [1.82, 2.24) is 14.9 Å². The molecule has 2 aromatic heterocycles. The minimum Gasteiger partial charge on any atom is -0.494 e. The Morgan fingerprint density at radius 2 is 1.77 bits per heavy atom. The first-order chi connectivity index (χ1) is 17.0. The van der Waals surface area contributed by atoms with Crippen LogP contribution < -0.4 is 15.0 Å². The Hall–Kier alpha value is -3.71. The highest BCUT2D eigenvalue weighted by molar-refractivity contribution is 7.80. The quantitative estimate of drug-likeness (QED) is 0.329. The molecular weight excluding hydrogens is 459 g/mol. The fourth-order valence-electron chi connectivity index (χ4n) is 4.91. The lowest BCUT2D eigenvalue weighted by Crippen LogP contribution is -2.29. The van der Waals surface area contributed by atoms with Gasteiger partial charge < -0.3 is 19.5 Å². The van der Waals surface area contributed by atoms with E-state index < -0.39 is 0 Å². The number of nitrogens with one attached hydrogen (secondary N) is 1. The van der Waals surface area contributed by atoms with Crippen LogP contribution in [0.1, 0.15) is 41.7 Å². The number of anilines is 1. The summed E-state index contributed by atoms with van der Waals surface area (Å²) in [7, 11) is 0. The number of para-hydroxylation sites is 1. The molecule has 0 bridgehead atoms. The van der Waals surface area contributed by atoms with Gasteiger partial charge in [0.05, 0.1) is 30.1 Å². The molecule has 1 aliphatic rings. The molecule has 5 nitrogen and oxygen atoms in total. The van der Waals surface area contributed by atoms with Crippen molar-refractivity contribution in [3.63, 3.8) is 0 Å². The predicted molar refractivity (Wildman–Crippen MR) is 141 cm³/mol.